The van der Waals surface area contributed by atoms with Crippen LogP contribution in [-0.2, 0) is 4.79 Å². The van der Waals surface area contributed by atoms with Gasteiger partial charge in [-0.25, -0.2) is 9.31 Å². The van der Waals surface area contributed by atoms with Crippen LogP contribution in [0, 0.1) is 0 Å². The second-order valence-electron chi connectivity index (χ2n) is 6.55. The summed E-state index contributed by atoms with van der Waals surface area (Å²) < 4.78 is 1.60. The topological polar surface area (TPSA) is 110 Å². The summed E-state index contributed by atoms with van der Waals surface area (Å²) in [5.74, 6) is -1.77. The molecule has 4 rings (SSSR count). The normalized spacial score (nSPS) is 11.9. The number of fused-ring (bicyclic) bond motifs is 1. The molecular formula is C22H18N4O3. The number of primary amides is 1. The van der Waals surface area contributed by atoms with Gasteiger partial charge in [-0.15, -0.1) is 0 Å². The van der Waals surface area contributed by atoms with Crippen molar-refractivity contribution in [2.45, 2.75) is 6.04 Å². The Balaban J connectivity index is 1.86. The van der Waals surface area contributed by atoms with Gasteiger partial charge < -0.3 is 16.2 Å². The van der Waals surface area contributed by atoms with E-state index in [2.05, 4.69) is 10.4 Å². The number of rotatable bonds is 6. The number of benzene rings is 2. The molecule has 0 aliphatic rings. The predicted molar refractivity (Wildman–Crippen MR) is 110 cm³/mol. The molecule has 144 valence electrons. The summed E-state index contributed by atoms with van der Waals surface area (Å²) in [4.78, 5) is 24.0. The Morgan fingerprint density at radius 2 is 1.66 bits per heavy atom. The summed E-state index contributed by atoms with van der Waals surface area (Å²) in [6, 6.07) is 19.2. The van der Waals surface area contributed by atoms with E-state index in [1.165, 1.54) is 6.20 Å². The first-order chi connectivity index (χ1) is 14.0. The third-order valence-corrected chi connectivity index (χ3v) is 4.68. The Morgan fingerprint density at radius 1 is 1.00 bits per heavy atom. The number of carbonyl (C=O) groups is 2. The molecule has 2 aromatic carbocycles. The molecule has 0 spiro atoms. The summed E-state index contributed by atoms with van der Waals surface area (Å²) in [6.45, 7) is 0. The molecule has 1 atom stereocenters. The first-order valence-corrected chi connectivity index (χ1v) is 8.95. The number of hydrogen-bond acceptors (Lipinski definition) is 4. The minimum absolute atomic E-state index is 0.123. The molecule has 2 aromatic heterocycles. The number of nitrogens with zero attached hydrogens (tertiary/aromatic N) is 2. The van der Waals surface area contributed by atoms with Gasteiger partial charge >= 0.3 is 5.97 Å². The molecule has 0 saturated carbocycles. The molecule has 0 unspecified atom stereocenters. The van der Waals surface area contributed by atoms with Crippen molar-refractivity contribution >= 4 is 23.1 Å². The first-order valence-electron chi connectivity index (χ1n) is 8.95. The van der Waals surface area contributed by atoms with E-state index in [0.29, 0.717) is 16.8 Å². The third-order valence-electron chi connectivity index (χ3n) is 4.68. The standard InChI is InChI=1S/C22H18N4O3/c23-21(27)17-12-24-26-13-16(14-7-3-1-4-8-14)11-18(26)20(17)25-19(22(28)29)15-9-5-2-6-10-15/h1-13,19,25H,(H2,23,27)(H,28,29)/t19-/m0/s1. The highest BCUT2D eigenvalue weighted by Gasteiger charge is 2.24. The molecule has 0 aliphatic carbocycles. The van der Waals surface area contributed by atoms with Crippen molar-refractivity contribution in [3.8, 4) is 11.1 Å². The van der Waals surface area contributed by atoms with Gasteiger partial charge in [0.25, 0.3) is 5.91 Å². The Kier molecular flexibility index (Phi) is 4.70. The van der Waals surface area contributed by atoms with Crippen LogP contribution in [0.4, 0.5) is 5.69 Å². The van der Waals surface area contributed by atoms with E-state index in [9.17, 15) is 14.7 Å². The van der Waals surface area contributed by atoms with Crippen molar-refractivity contribution in [2.75, 3.05) is 5.32 Å². The van der Waals surface area contributed by atoms with Gasteiger partial charge in [-0.1, -0.05) is 60.7 Å². The van der Waals surface area contributed by atoms with Crippen LogP contribution in [-0.4, -0.2) is 26.6 Å². The molecule has 0 aliphatic heterocycles. The summed E-state index contributed by atoms with van der Waals surface area (Å²) in [5.41, 5.74) is 8.96. The van der Waals surface area contributed by atoms with Crippen molar-refractivity contribution in [1.82, 2.24) is 9.61 Å². The van der Waals surface area contributed by atoms with Gasteiger partial charge in [0.2, 0.25) is 0 Å². The summed E-state index contributed by atoms with van der Waals surface area (Å²) in [6.07, 6.45) is 3.16. The number of amides is 1. The van der Waals surface area contributed by atoms with Gasteiger partial charge in [0.05, 0.1) is 23.0 Å². The molecular weight excluding hydrogens is 368 g/mol. The van der Waals surface area contributed by atoms with E-state index in [1.54, 1.807) is 34.8 Å². The highest BCUT2D eigenvalue weighted by molar-refractivity contribution is 6.03. The van der Waals surface area contributed by atoms with E-state index in [1.807, 2.05) is 42.6 Å². The number of aromatic nitrogens is 2. The average molecular weight is 386 g/mol. The molecule has 7 nitrogen and oxygen atoms in total. The zero-order chi connectivity index (χ0) is 20.4. The summed E-state index contributed by atoms with van der Waals surface area (Å²) >= 11 is 0. The summed E-state index contributed by atoms with van der Waals surface area (Å²) in [7, 11) is 0. The van der Waals surface area contributed by atoms with E-state index in [0.717, 1.165) is 11.1 Å². The lowest BCUT2D eigenvalue weighted by molar-refractivity contribution is -0.138. The van der Waals surface area contributed by atoms with Crippen LogP contribution in [0.1, 0.15) is 22.0 Å². The maximum Gasteiger partial charge on any atom is 0.330 e. The van der Waals surface area contributed by atoms with Gasteiger partial charge in [0.1, 0.15) is 0 Å². The maximum absolute atomic E-state index is 12.0. The second kappa shape index (κ2) is 7.47. The van der Waals surface area contributed by atoms with Crippen LogP contribution in [0.3, 0.4) is 0 Å². The molecule has 2 heterocycles. The third kappa shape index (κ3) is 3.53. The largest absolute Gasteiger partial charge is 0.479 e. The van der Waals surface area contributed by atoms with E-state index in [4.69, 9.17) is 5.73 Å². The van der Waals surface area contributed by atoms with Crippen LogP contribution in [0.2, 0.25) is 0 Å². The predicted octanol–water partition coefficient (Wildman–Crippen LogP) is 3.34. The molecule has 0 radical (unpaired) electrons. The number of hydrogen-bond donors (Lipinski definition) is 3. The number of anilines is 1. The van der Waals surface area contributed by atoms with Gasteiger partial charge in [0.15, 0.2) is 6.04 Å². The van der Waals surface area contributed by atoms with E-state index < -0.39 is 17.9 Å². The fraction of sp³-hybridized carbons (Fsp3) is 0.0455. The highest BCUT2D eigenvalue weighted by Crippen LogP contribution is 2.31. The Hall–Kier alpha value is -4.13. The second-order valence-corrected chi connectivity index (χ2v) is 6.55. The molecule has 0 fully saturated rings. The highest BCUT2D eigenvalue weighted by atomic mass is 16.4. The van der Waals surface area contributed by atoms with E-state index >= 15 is 0 Å². The average Bonchev–Trinajstić information content (AvgIpc) is 3.17. The zero-order valence-corrected chi connectivity index (χ0v) is 15.3. The number of carboxylic acid groups (broad SMARTS) is 1. The molecule has 0 saturated heterocycles. The molecule has 7 heteroatoms. The fourth-order valence-electron chi connectivity index (χ4n) is 3.26. The Morgan fingerprint density at radius 3 is 2.28 bits per heavy atom. The lowest BCUT2D eigenvalue weighted by Crippen LogP contribution is -2.24. The lowest BCUT2D eigenvalue weighted by Gasteiger charge is -2.18. The monoisotopic (exact) mass is 386 g/mol. The number of carboxylic acids is 1. The van der Waals surface area contributed by atoms with Crippen molar-refractivity contribution in [3.05, 3.63) is 90.3 Å². The van der Waals surface area contributed by atoms with Gasteiger partial charge in [-0.05, 0) is 17.2 Å². The lowest BCUT2D eigenvalue weighted by atomic mass is 10.1. The van der Waals surface area contributed by atoms with Crippen LogP contribution in [0.5, 0.6) is 0 Å². The molecule has 4 aromatic rings. The SMILES string of the molecule is NC(=O)c1cnn2cc(-c3ccccc3)cc2c1N[C@H](C(=O)O)c1ccccc1. The fourth-order valence-corrected chi connectivity index (χ4v) is 3.26. The number of aliphatic carboxylic acids is 1. The molecule has 4 N–H and O–H groups in total. The van der Waals surface area contributed by atoms with Crippen molar-refractivity contribution in [2.24, 2.45) is 5.73 Å². The van der Waals surface area contributed by atoms with Crippen LogP contribution >= 0.6 is 0 Å². The number of carbonyl (C=O) groups excluding carboxylic acids is 1. The Bertz CT molecular complexity index is 1190. The number of nitrogens with two attached hydrogens (primary N) is 1. The Labute approximate surface area is 166 Å². The zero-order valence-electron chi connectivity index (χ0n) is 15.3. The van der Waals surface area contributed by atoms with Crippen LogP contribution in [0.15, 0.2) is 79.1 Å². The van der Waals surface area contributed by atoms with Gasteiger partial charge in [-0.3, -0.25) is 4.79 Å². The summed E-state index contributed by atoms with van der Waals surface area (Å²) in [5, 5.41) is 17.0. The van der Waals surface area contributed by atoms with Crippen molar-refractivity contribution < 1.29 is 14.7 Å². The quantitative estimate of drug-likeness (QED) is 0.471. The molecule has 29 heavy (non-hydrogen) atoms. The minimum atomic E-state index is -1.07. The molecule has 1 amide bonds. The minimum Gasteiger partial charge on any atom is -0.479 e. The number of nitrogens with one attached hydrogen (secondary N) is 1. The smallest absolute Gasteiger partial charge is 0.330 e. The van der Waals surface area contributed by atoms with E-state index in [-0.39, 0.29) is 5.56 Å². The van der Waals surface area contributed by atoms with Crippen molar-refractivity contribution in [1.29, 1.82) is 0 Å². The van der Waals surface area contributed by atoms with Crippen LogP contribution < -0.4 is 11.1 Å². The van der Waals surface area contributed by atoms with Gasteiger partial charge in [0, 0.05) is 11.8 Å². The van der Waals surface area contributed by atoms with Crippen molar-refractivity contribution in [3.63, 3.8) is 0 Å². The van der Waals surface area contributed by atoms with Crippen LogP contribution in [0.25, 0.3) is 16.6 Å². The first kappa shape index (κ1) is 18.2. The molecule has 0 bridgehead atoms. The van der Waals surface area contributed by atoms with Gasteiger partial charge in [-0.2, -0.15) is 5.10 Å². The maximum atomic E-state index is 12.0.